The maximum absolute atomic E-state index is 4.78. The van der Waals surface area contributed by atoms with Gasteiger partial charge in [-0.05, 0) is 22.1 Å². The lowest BCUT2D eigenvalue weighted by atomic mass is 9.97. The van der Waals surface area contributed by atoms with Crippen molar-refractivity contribution in [2.45, 2.75) is 12.8 Å². The van der Waals surface area contributed by atoms with Gasteiger partial charge in [0.15, 0.2) is 0 Å². The minimum absolute atomic E-state index is 0.466. The van der Waals surface area contributed by atoms with Crippen molar-refractivity contribution in [3.8, 4) is 11.3 Å². The molecule has 4 rings (SSSR count). The first-order chi connectivity index (χ1) is 8.36. The van der Waals surface area contributed by atoms with E-state index in [0.717, 1.165) is 5.52 Å². The monoisotopic (exact) mass is 218 g/mol. The van der Waals surface area contributed by atoms with E-state index < -0.39 is 0 Å². The largest absolute Gasteiger partial charge is 0.657 e. The van der Waals surface area contributed by atoms with Crippen LogP contribution in [-0.2, 0) is 0 Å². The highest BCUT2D eigenvalue weighted by Gasteiger charge is 2.23. The highest BCUT2D eigenvalue weighted by molar-refractivity contribution is 5.95. The minimum atomic E-state index is 0.466. The highest BCUT2D eigenvalue weighted by Crippen LogP contribution is 2.46. The summed E-state index contributed by atoms with van der Waals surface area (Å²) in [4.78, 5) is 4.78. The standard InChI is InChI=1S/C16H12N/c1-10-11-6-2-3-7-12(11)16-15(10)13-8-4-5-9-14(13)17-16/h2-10H,1H3/q-1. The number of hydrogen-bond donors (Lipinski definition) is 0. The fourth-order valence-corrected chi connectivity index (χ4v) is 3.00. The molecular weight excluding hydrogens is 206 g/mol. The average Bonchev–Trinajstić information content (AvgIpc) is 2.88. The summed E-state index contributed by atoms with van der Waals surface area (Å²) in [6.45, 7) is 2.28. The molecule has 1 nitrogen and oxygen atoms in total. The van der Waals surface area contributed by atoms with Crippen LogP contribution in [0.3, 0.4) is 0 Å². The van der Waals surface area contributed by atoms with Gasteiger partial charge in [0.1, 0.15) is 0 Å². The van der Waals surface area contributed by atoms with Gasteiger partial charge >= 0.3 is 0 Å². The molecule has 2 aromatic carbocycles. The molecule has 82 valence electrons. The summed E-state index contributed by atoms with van der Waals surface area (Å²) in [7, 11) is 0. The number of nitrogens with zero attached hydrogens (tertiary/aromatic N) is 1. The van der Waals surface area contributed by atoms with Crippen molar-refractivity contribution >= 4 is 10.9 Å². The summed E-state index contributed by atoms with van der Waals surface area (Å²) in [5.74, 6) is 0.466. The summed E-state index contributed by atoms with van der Waals surface area (Å²) < 4.78 is 0. The van der Waals surface area contributed by atoms with Crippen LogP contribution in [0.2, 0.25) is 0 Å². The molecule has 0 aliphatic heterocycles. The van der Waals surface area contributed by atoms with E-state index in [2.05, 4.69) is 55.5 Å². The number of fused-ring (bicyclic) bond motifs is 5. The number of hydrogen-bond acceptors (Lipinski definition) is 0. The third kappa shape index (κ3) is 1.04. The van der Waals surface area contributed by atoms with Crippen LogP contribution in [0.4, 0.5) is 0 Å². The van der Waals surface area contributed by atoms with E-state index in [-0.39, 0.29) is 0 Å². The van der Waals surface area contributed by atoms with Crippen LogP contribution in [0, 0.1) is 0 Å². The third-order valence-electron chi connectivity index (χ3n) is 3.80. The summed E-state index contributed by atoms with van der Waals surface area (Å²) in [5, 5.41) is 1.31. The van der Waals surface area contributed by atoms with Crippen LogP contribution in [0.1, 0.15) is 24.0 Å². The van der Waals surface area contributed by atoms with Crippen molar-refractivity contribution in [2.24, 2.45) is 0 Å². The topological polar surface area (TPSA) is 14.1 Å². The molecule has 0 saturated carbocycles. The number of aromatic nitrogens is 1. The van der Waals surface area contributed by atoms with Crippen molar-refractivity contribution in [3.63, 3.8) is 0 Å². The van der Waals surface area contributed by atoms with Crippen molar-refractivity contribution in [1.29, 1.82) is 0 Å². The van der Waals surface area contributed by atoms with Gasteiger partial charge in [0.25, 0.3) is 0 Å². The van der Waals surface area contributed by atoms with Gasteiger partial charge in [-0.3, -0.25) is 0 Å². The Morgan fingerprint density at radius 3 is 2.65 bits per heavy atom. The van der Waals surface area contributed by atoms with Gasteiger partial charge in [-0.1, -0.05) is 55.5 Å². The maximum atomic E-state index is 4.78. The predicted octanol–water partition coefficient (Wildman–Crippen LogP) is 3.93. The second kappa shape index (κ2) is 3.01. The number of rotatable bonds is 0. The number of benzene rings is 2. The van der Waals surface area contributed by atoms with Crippen LogP contribution in [-0.4, -0.2) is 0 Å². The average molecular weight is 218 g/mol. The zero-order valence-electron chi connectivity index (χ0n) is 9.64. The van der Waals surface area contributed by atoms with Gasteiger partial charge in [0.2, 0.25) is 0 Å². The van der Waals surface area contributed by atoms with E-state index in [4.69, 9.17) is 4.98 Å². The SMILES string of the molecule is CC1c2ccccc2-c2[n-]c3ccccc3c21. The number of para-hydroxylation sites is 1. The van der Waals surface area contributed by atoms with Crippen LogP contribution in [0.25, 0.3) is 22.2 Å². The Morgan fingerprint density at radius 1 is 0.941 bits per heavy atom. The van der Waals surface area contributed by atoms with E-state index in [1.807, 2.05) is 0 Å². The Labute approximate surface area is 100 Å². The van der Waals surface area contributed by atoms with Crippen LogP contribution in [0.15, 0.2) is 48.5 Å². The molecule has 1 aliphatic rings. The summed E-state index contributed by atoms with van der Waals surface area (Å²) in [6, 6.07) is 17.1. The minimum Gasteiger partial charge on any atom is -0.657 e. The maximum Gasteiger partial charge on any atom is 0.00601 e. The zero-order chi connectivity index (χ0) is 11.4. The van der Waals surface area contributed by atoms with Gasteiger partial charge in [0, 0.05) is 5.92 Å². The molecule has 1 aromatic heterocycles. The zero-order valence-corrected chi connectivity index (χ0v) is 9.64. The van der Waals surface area contributed by atoms with Crippen molar-refractivity contribution in [1.82, 2.24) is 4.98 Å². The fourth-order valence-electron chi connectivity index (χ4n) is 3.00. The van der Waals surface area contributed by atoms with Crippen LogP contribution >= 0.6 is 0 Å². The van der Waals surface area contributed by atoms with E-state index >= 15 is 0 Å². The second-order valence-electron chi connectivity index (χ2n) is 4.70. The molecule has 0 spiro atoms. The fraction of sp³-hybridized carbons (Fsp3) is 0.125. The van der Waals surface area contributed by atoms with Gasteiger partial charge in [-0.2, -0.15) is 0 Å². The molecule has 0 saturated heterocycles. The van der Waals surface area contributed by atoms with Gasteiger partial charge < -0.3 is 4.98 Å². The van der Waals surface area contributed by atoms with E-state index in [0.29, 0.717) is 5.92 Å². The first-order valence-electron chi connectivity index (χ1n) is 6.01. The molecule has 1 heteroatoms. The highest BCUT2D eigenvalue weighted by atomic mass is 14.7. The third-order valence-corrected chi connectivity index (χ3v) is 3.80. The van der Waals surface area contributed by atoms with Gasteiger partial charge in [-0.15, -0.1) is 11.2 Å². The van der Waals surface area contributed by atoms with Gasteiger partial charge in [0.05, 0.1) is 0 Å². The summed E-state index contributed by atoms with van der Waals surface area (Å²) in [6.07, 6.45) is 0. The quantitative estimate of drug-likeness (QED) is 0.557. The molecule has 0 fully saturated rings. The summed E-state index contributed by atoms with van der Waals surface area (Å²) >= 11 is 0. The molecule has 0 amide bonds. The van der Waals surface area contributed by atoms with Gasteiger partial charge in [-0.25, -0.2) is 0 Å². The molecule has 3 aromatic rings. The lowest BCUT2D eigenvalue weighted by Crippen LogP contribution is -1.88. The van der Waals surface area contributed by atoms with Crippen LogP contribution < -0.4 is 4.98 Å². The lowest BCUT2D eigenvalue weighted by molar-refractivity contribution is 0.968. The smallest absolute Gasteiger partial charge is 0.00601 e. The van der Waals surface area contributed by atoms with E-state index in [1.54, 1.807) is 0 Å². The predicted molar refractivity (Wildman–Crippen MR) is 70.2 cm³/mol. The second-order valence-corrected chi connectivity index (χ2v) is 4.70. The Morgan fingerprint density at radius 2 is 1.71 bits per heavy atom. The molecular formula is C16H12N-. The van der Waals surface area contributed by atoms with Crippen LogP contribution in [0.5, 0.6) is 0 Å². The van der Waals surface area contributed by atoms with Crippen molar-refractivity contribution in [3.05, 3.63) is 59.7 Å². The Bertz CT molecular complexity index is 721. The Balaban J connectivity index is 2.15. The van der Waals surface area contributed by atoms with E-state index in [9.17, 15) is 0 Å². The molecule has 1 heterocycles. The molecule has 1 atom stereocenters. The molecule has 1 aliphatic carbocycles. The van der Waals surface area contributed by atoms with Crippen molar-refractivity contribution in [2.75, 3.05) is 0 Å². The molecule has 0 radical (unpaired) electrons. The summed E-state index contributed by atoms with van der Waals surface area (Å²) in [5.41, 5.74) is 6.44. The Hall–Kier alpha value is -2.02. The lowest BCUT2D eigenvalue weighted by Gasteiger charge is -2.09. The molecule has 0 N–H and O–H groups in total. The first-order valence-corrected chi connectivity index (χ1v) is 6.01. The van der Waals surface area contributed by atoms with Crippen molar-refractivity contribution < 1.29 is 0 Å². The first kappa shape index (κ1) is 9.06. The molecule has 1 unspecified atom stereocenters. The molecule has 17 heavy (non-hydrogen) atoms. The molecule has 0 bridgehead atoms. The van der Waals surface area contributed by atoms with E-state index in [1.165, 1.54) is 27.8 Å². The normalized spacial score (nSPS) is 17.1. The Kier molecular flexibility index (Phi) is 1.60.